The van der Waals surface area contributed by atoms with Gasteiger partial charge in [-0.3, -0.25) is 9.78 Å². The van der Waals surface area contributed by atoms with E-state index in [9.17, 15) is 4.79 Å². The fraction of sp³-hybridized carbons (Fsp3) is 0.286. The molecule has 148 valence electrons. The molecule has 0 N–H and O–H groups in total. The van der Waals surface area contributed by atoms with Crippen molar-refractivity contribution < 1.29 is 9.53 Å². The number of anilines is 1. The zero-order chi connectivity index (χ0) is 20.4. The summed E-state index contributed by atoms with van der Waals surface area (Å²) in [5.41, 5.74) is 3.28. The Labute approximate surface area is 169 Å². The molecule has 0 unspecified atom stereocenters. The van der Waals surface area contributed by atoms with Gasteiger partial charge in [-0.2, -0.15) is 0 Å². The molecule has 0 aromatic carbocycles. The van der Waals surface area contributed by atoms with E-state index in [2.05, 4.69) is 9.97 Å². The van der Waals surface area contributed by atoms with E-state index in [0.717, 1.165) is 22.6 Å². The minimum absolute atomic E-state index is 0.115. The van der Waals surface area contributed by atoms with E-state index in [-0.39, 0.29) is 5.91 Å². The van der Waals surface area contributed by atoms with E-state index in [0.29, 0.717) is 36.8 Å². The van der Waals surface area contributed by atoms with Crippen molar-refractivity contribution in [3.63, 3.8) is 0 Å². The molecule has 4 heterocycles. The molecule has 0 atom stereocenters. The predicted molar refractivity (Wildman–Crippen MR) is 109 cm³/mol. The van der Waals surface area contributed by atoms with Gasteiger partial charge < -0.3 is 14.5 Å². The van der Waals surface area contributed by atoms with Crippen LogP contribution in [0.15, 0.2) is 42.9 Å². The number of fused-ring (bicyclic) bond motifs is 1. The molecule has 29 heavy (non-hydrogen) atoms. The van der Waals surface area contributed by atoms with Gasteiger partial charge >= 0.3 is 0 Å². The van der Waals surface area contributed by atoms with Crippen LogP contribution in [0.4, 0.5) is 5.82 Å². The molecular weight excluding hydrogens is 368 g/mol. The van der Waals surface area contributed by atoms with Crippen LogP contribution in [-0.4, -0.2) is 58.5 Å². The summed E-state index contributed by atoms with van der Waals surface area (Å²) in [7, 11) is 5.45. The lowest BCUT2D eigenvalue weighted by Gasteiger charge is -2.31. The fourth-order valence-corrected chi connectivity index (χ4v) is 3.47. The van der Waals surface area contributed by atoms with Crippen molar-refractivity contribution in [3.8, 4) is 17.3 Å². The predicted octanol–water partition coefficient (Wildman–Crippen LogP) is 2.21. The van der Waals surface area contributed by atoms with Crippen molar-refractivity contribution >= 4 is 11.7 Å². The third-order valence-corrected chi connectivity index (χ3v) is 4.89. The molecule has 3 aromatic rings. The Balaban J connectivity index is 1.71. The number of carbonyl (C=O) groups is 1. The van der Waals surface area contributed by atoms with Crippen LogP contribution in [0, 0.1) is 0 Å². The van der Waals surface area contributed by atoms with E-state index < -0.39 is 0 Å². The van der Waals surface area contributed by atoms with Crippen LogP contribution in [0.25, 0.3) is 11.4 Å². The number of ether oxygens (including phenoxy) is 1. The highest BCUT2D eigenvalue weighted by molar-refractivity contribution is 5.96. The van der Waals surface area contributed by atoms with Gasteiger partial charge in [-0.05, 0) is 30.7 Å². The standard InChI is InChI=1S/C21H22N6O2/c1-26(2)19-15-8-12-27(21(28)16-5-4-9-23-20(16)29-3)13-17(15)24-18(25-19)14-6-10-22-11-7-14/h4-7,9-11H,8,12-13H2,1-3H3. The van der Waals surface area contributed by atoms with E-state index in [4.69, 9.17) is 14.7 Å². The number of aromatic nitrogens is 4. The molecule has 0 saturated heterocycles. The Bertz CT molecular complexity index is 1040. The molecule has 1 aliphatic rings. The SMILES string of the molecule is COc1ncccc1C(=O)N1CCc2c(nc(-c3ccncc3)nc2N(C)C)C1. The van der Waals surface area contributed by atoms with Gasteiger partial charge in [-0.1, -0.05) is 0 Å². The molecule has 0 aliphatic carbocycles. The maximum Gasteiger partial charge on any atom is 0.259 e. The van der Waals surface area contributed by atoms with Crippen LogP contribution in [-0.2, 0) is 13.0 Å². The van der Waals surface area contributed by atoms with Crippen molar-refractivity contribution in [2.75, 3.05) is 32.6 Å². The molecule has 0 radical (unpaired) electrons. The molecule has 1 amide bonds. The molecule has 0 saturated carbocycles. The molecule has 0 spiro atoms. The average Bonchev–Trinajstić information content (AvgIpc) is 2.77. The number of hydrogen-bond donors (Lipinski definition) is 0. The van der Waals surface area contributed by atoms with Gasteiger partial charge in [0.25, 0.3) is 5.91 Å². The van der Waals surface area contributed by atoms with Gasteiger partial charge in [-0.15, -0.1) is 0 Å². The first-order chi connectivity index (χ1) is 14.1. The van der Waals surface area contributed by atoms with Crippen molar-refractivity contribution in [2.24, 2.45) is 0 Å². The van der Waals surface area contributed by atoms with Crippen molar-refractivity contribution in [1.82, 2.24) is 24.8 Å². The van der Waals surface area contributed by atoms with Gasteiger partial charge in [0.2, 0.25) is 5.88 Å². The molecule has 4 rings (SSSR count). The second-order valence-corrected chi connectivity index (χ2v) is 6.96. The number of pyridine rings is 2. The van der Waals surface area contributed by atoms with Crippen molar-refractivity contribution in [3.05, 3.63) is 59.7 Å². The zero-order valence-corrected chi connectivity index (χ0v) is 16.7. The number of amides is 1. The monoisotopic (exact) mass is 390 g/mol. The summed E-state index contributed by atoms with van der Waals surface area (Å²) in [6.07, 6.45) is 5.74. The number of hydrogen-bond acceptors (Lipinski definition) is 7. The van der Waals surface area contributed by atoms with Crippen LogP contribution < -0.4 is 9.64 Å². The maximum atomic E-state index is 13.1. The van der Waals surface area contributed by atoms with E-state index >= 15 is 0 Å². The molecule has 0 bridgehead atoms. The Morgan fingerprint density at radius 3 is 2.66 bits per heavy atom. The van der Waals surface area contributed by atoms with Crippen LogP contribution in [0.5, 0.6) is 5.88 Å². The number of carbonyl (C=O) groups excluding carboxylic acids is 1. The third kappa shape index (κ3) is 3.61. The van der Waals surface area contributed by atoms with Crippen LogP contribution in [0.2, 0.25) is 0 Å². The zero-order valence-electron chi connectivity index (χ0n) is 16.7. The Morgan fingerprint density at radius 1 is 1.14 bits per heavy atom. The third-order valence-electron chi connectivity index (χ3n) is 4.89. The molecule has 8 nitrogen and oxygen atoms in total. The van der Waals surface area contributed by atoms with Crippen molar-refractivity contribution in [2.45, 2.75) is 13.0 Å². The lowest BCUT2D eigenvalue weighted by Crippen LogP contribution is -2.37. The minimum Gasteiger partial charge on any atom is -0.480 e. The Hall–Kier alpha value is -3.55. The quantitative estimate of drug-likeness (QED) is 0.675. The highest BCUT2D eigenvalue weighted by atomic mass is 16.5. The van der Waals surface area contributed by atoms with Gasteiger partial charge in [0.05, 0.1) is 19.3 Å². The summed E-state index contributed by atoms with van der Waals surface area (Å²) in [5, 5.41) is 0. The highest BCUT2D eigenvalue weighted by Crippen LogP contribution is 2.29. The minimum atomic E-state index is -0.115. The number of methoxy groups -OCH3 is 1. The summed E-state index contributed by atoms with van der Waals surface area (Å²) in [5.74, 6) is 1.73. The largest absolute Gasteiger partial charge is 0.480 e. The van der Waals surface area contributed by atoms with Crippen LogP contribution in [0.1, 0.15) is 21.6 Å². The van der Waals surface area contributed by atoms with Gasteiger partial charge in [0, 0.05) is 50.4 Å². The first-order valence-corrected chi connectivity index (χ1v) is 9.34. The molecular formula is C21H22N6O2. The van der Waals surface area contributed by atoms with Gasteiger partial charge in [-0.25, -0.2) is 15.0 Å². The van der Waals surface area contributed by atoms with Crippen molar-refractivity contribution in [1.29, 1.82) is 0 Å². The topological polar surface area (TPSA) is 84.3 Å². The smallest absolute Gasteiger partial charge is 0.259 e. The highest BCUT2D eigenvalue weighted by Gasteiger charge is 2.28. The van der Waals surface area contributed by atoms with Gasteiger partial charge in [0.15, 0.2) is 5.82 Å². The van der Waals surface area contributed by atoms with E-state index in [1.54, 1.807) is 35.6 Å². The summed E-state index contributed by atoms with van der Waals surface area (Å²) in [6.45, 7) is 0.996. The summed E-state index contributed by atoms with van der Waals surface area (Å²) >= 11 is 0. The average molecular weight is 390 g/mol. The maximum absolute atomic E-state index is 13.1. The number of nitrogens with zero attached hydrogens (tertiary/aromatic N) is 6. The second-order valence-electron chi connectivity index (χ2n) is 6.96. The molecule has 0 fully saturated rings. The first-order valence-electron chi connectivity index (χ1n) is 9.34. The van der Waals surface area contributed by atoms with Gasteiger partial charge in [0.1, 0.15) is 11.4 Å². The molecule has 3 aromatic heterocycles. The van der Waals surface area contributed by atoms with Crippen LogP contribution in [0.3, 0.4) is 0 Å². The van der Waals surface area contributed by atoms with E-state index in [1.807, 2.05) is 31.1 Å². The lowest BCUT2D eigenvalue weighted by molar-refractivity contribution is 0.0727. The normalized spacial score (nSPS) is 13.0. The molecule has 8 heteroatoms. The Morgan fingerprint density at radius 2 is 1.93 bits per heavy atom. The van der Waals surface area contributed by atoms with E-state index in [1.165, 1.54) is 7.11 Å². The Kier molecular flexibility index (Phi) is 5.07. The summed E-state index contributed by atoms with van der Waals surface area (Å²) < 4.78 is 5.26. The second kappa shape index (κ2) is 7.83. The fourth-order valence-electron chi connectivity index (χ4n) is 3.47. The molecule has 1 aliphatic heterocycles. The van der Waals surface area contributed by atoms with Crippen LogP contribution >= 0.6 is 0 Å². The number of rotatable bonds is 4. The lowest BCUT2D eigenvalue weighted by atomic mass is 10.0. The summed E-state index contributed by atoms with van der Waals surface area (Å²) in [4.78, 5) is 34.6. The first kappa shape index (κ1) is 18.8. The summed E-state index contributed by atoms with van der Waals surface area (Å²) in [6, 6.07) is 7.24.